The average Bonchev–Trinajstić information content (AvgIpc) is 2.54. The molecule has 2 rings (SSSR count). The maximum Gasteiger partial charge on any atom is 0.126 e. The Hall–Kier alpha value is -2.22. The lowest BCUT2D eigenvalue weighted by Crippen LogP contribution is -1.99. The maximum atomic E-state index is 5.57. The van der Waals surface area contributed by atoms with Crippen LogP contribution in [0, 0.1) is 0 Å². The van der Waals surface area contributed by atoms with Gasteiger partial charge in [0.05, 0.1) is 14.2 Å². The summed E-state index contributed by atoms with van der Waals surface area (Å²) in [7, 11) is 3.41. The molecular formula is C20H24O2. The second kappa shape index (κ2) is 7.17. The van der Waals surface area contributed by atoms with Crippen LogP contribution in [0.15, 0.2) is 42.5 Å². The molecule has 2 aromatic carbocycles. The van der Waals surface area contributed by atoms with Crippen LogP contribution in [0.4, 0.5) is 0 Å². The minimum atomic E-state index is 0.346. The molecule has 2 nitrogen and oxygen atoms in total. The van der Waals surface area contributed by atoms with Gasteiger partial charge in [0.1, 0.15) is 11.5 Å². The molecule has 0 unspecified atom stereocenters. The Labute approximate surface area is 133 Å². The van der Waals surface area contributed by atoms with Crippen LogP contribution in [0.1, 0.15) is 43.4 Å². The van der Waals surface area contributed by atoms with Gasteiger partial charge in [-0.3, -0.25) is 0 Å². The first-order chi connectivity index (χ1) is 10.6. The zero-order valence-electron chi connectivity index (χ0n) is 14.0. The topological polar surface area (TPSA) is 18.5 Å². The van der Waals surface area contributed by atoms with E-state index in [1.165, 1.54) is 11.1 Å². The number of allylic oxidation sites excluding steroid dienone is 1. The Kier molecular flexibility index (Phi) is 5.26. The molecule has 116 valence electrons. The highest BCUT2D eigenvalue weighted by atomic mass is 16.5. The Morgan fingerprint density at radius 3 is 1.95 bits per heavy atom. The molecule has 0 fully saturated rings. The summed E-state index contributed by atoms with van der Waals surface area (Å²) in [5.74, 6) is 2.10. The second-order valence-corrected chi connectivity index (χ2v) is 5.69. The van der Waals surface area contributed by atoms with Gasteiger partial charge < -0.3 is 9.47 Å². The summed E-state index contributed by atoms with van der Waals surface area (Å²) in [5, 5.41) is 0. The lowest BCUT2D eigenvalue weighted by molar-refractivity contribution is 0.382. The highest BCUT2D eigenvalue weighted by Crippen LogP contribution is 2.37. The van der Waals surface area contributed by atoms with E-state index in [0.717, 1.165) is 22.6 Å². The van der Waals surface area contributed by atoms with Gasteiger partial charge >= 0.3 is 0 Å². The third-order valence-electron chi connectivity index (χ3n) is 3.76. The Balaban J connectivity index is 2.48. The molecule has 0 heterocycles. The van der Waals surface area contributed by atoms with Gasteiger partial charge in [0, 0.05) is 5.56 Å². The molecule has 0 aromatic heterocycles. The first-order valence-electron chi connectivity index (χ1n) is 7.56. The van der Waals surface area contributed by atoms with E-state index in [1.54, 1.807) is 14.2 Å². The van der Waals surface area contributed by atoms with Crippen LogP contribution in [-0.2, 0) is 0 Å². The Morgan fingerprint density at radius 2 is 1.50 bits per heavy atom. The third-order valence-corrected chi connectivity index (χ3v) is 3.76. The van der Waals surface area contributed by atoms with Crippen molar-refractivity contribution in [3.63, 3.8) is 0 Å². The van der Waals surface area contributed by atoms with Crippen molar-refractivity contribution in [2.45, 2.75) is 26.7 Å². The zero-order valence-corrected chi connectivity index (χ0v) is 14.0. The fourth-order valence-corrected chi connectivity index (χ4v) is 2.65. The molecule has 22 heavy (non-hydrogen) atoms. The molecule has 0 aliphatic rings. The number of hydrogen-bond donors (Lipinski definition) is 0. The quantitative estimate of drug-likeness (QED) is 0.689. The van der Waals surface area contributed by atoms with Crippen LogP contribution in [0.3, 0.4) is 0 Å². The number of rotatable bonds is 5. The van der Waals surface area contributed by atoms with Crippen molar-refractivity contribution in [2.75, 3.05) is 14.2 Å². The predicted molar refractivity (Wildman–Crippen MR) is 93.6 cm³/mol. The highest BCUT2D eigenvalue weighted by Gasteiger charge is 2.15. The lowest BCUT2D eigenvalue weighted by Gasteiger charge is -2.17. The predicted octanol–water partition coefficient (Wildman–Crippen LogP) is 5.39. The average molecular weight is 296 g/mol. The summed E-state index contributed by atoms with van der Waals surface area (Å²) in [4.78, 5) is 0. The SMILES string of the molecule is COc1cc(/C=C(\C)c2ccccc2)cc(OC)c1C(C)C. The van der Waals surface area contributed by atoms with E-state index in [9.17, 15) is 0 Å². The van der Waals surface area contributed by atoms with Crippen molar-refractivity contribution in [1.29, 1.82) is 0 Å². The molecule has 0 saturated heterocycles. The van der Waals surface area contributed by atoms with Gasteiger partial charge in [-0.25, -0.2) is 0 Å². The molecule has 0 saturated carbocycles. The van der Waals surface area contributed by atoms with Crippen molar-refractivity contribution in [2.24, 2.45) is 0 Å². The standard InChI is InChI=1S/C20H24O2/c1-14(2)20-18(21-4)12-16(13-19(20)22-5)11-15(3)17-9-7-6-8-10-17/h6-14H,1-5H3/b15-11+. The number of hydrogen-bond acceptors (Lipinski definition) is 2. The van der Waals surface area contributed by atoms with E-state index in [-0.39, 0.29) is 0 Å². The molecule has 2 aromatic rings. The van der Waals surface area contributed by atoms with E-state index in [2.05, 4.69) is 63.2 Å². The fourth-order valence-electron chi connectivity index (χ4n) is 2.65. The Bertz CT molecular complexity index is 630. The van der Waals surface area contributed by atoms with E-state index >= 15 is 0 Å². The van der Waals surface area contributed by atoms with E-state index < -0.39 is 0 Å². The summed E-state index contributed by atoms with van der Waals surface area (Å²) in [6, 6.07) is 14.5. The van der Waals surface area contributed by atoms with Crippen LogP contribution < -0.4 is 9.47 Å². The van der Waals surface area contributed by atoms with Gasteiger partial charge in [0.25, 0.3) is 0 Å². The molecule has 0 aliphatic carbocycles. The minimum absolute atomic E-state index is 0.346. The molecular weight excluding hydrogens is 272 g/mol. The Morgan fingerprint density at radius 1 is 0.955 bits per heavy atom. The largest absolute Gasteiger partial charge is 0.496 e. The lowest BCUT2D eigenvalue weighted by atomic mass is 9.97. The summed E-state index contributed by atoms with van der Waals surface area (Å²) in [6.45, 7) is 6.40. The van der Waals surface area contributed by atoms with Gasteiger partial charge in [-0.15, -0.1) is 0 Å². The normalized spacial score (nSPS) is 11.6. The molecule has 0 N–H and O–H groups in total. The molecule has 0 amide bonds. The summed E-state index contributed by atoms with van der Waals surface area (Å²) in [6.07, 6.45) is 2.16. The van der Waals surface area contributed by atoms with Crippen LogP contribution in [0.5, 0.6) is 11.5 Å². The number of methoxy groups -OCH3 is 2. The van der Waals surface area contributed by atoms with Crippen molar-refractivity contribution in [3.05, 3.63) is 59.2 Å². The van der Waals surface area contributed by atoms with Crippen LogP contribution in [-0.4, -0.2) is 14.2 Å². The van der Waals surface area contributed by atoms with Crippen molar-refractivity contribution >= 4 is 11.6 Å². The van der Waals surface area contributed by atoms with Crippen molar-refractivity contribution in [3.8, 4) is 11.5 Å². The van der Waals surface area contributed by atoms with Gasteiger partial charge in [-0.1, -0.05) is 50.3 Å². The maximum absolute atomic E-state index is 5.57. The van der Waals surface area contributed by atoms with Gasteiger partial charge in [-0.05, 0) is 41.7 Å². The van der Waals surface area contributed by atoms with Crippen LogP contribution in [0.25, 0.3) is 11.6 Å². The zero-order chi connectivity index (χ0) is 16.1. The summed E-state index contributed by atoms with van der Waals surface area (Å²) in [5.41, 5.74) is 4.62. The molecule has 2 heteroatoms. The molecule has 0 spiro atoms. The molecule has 0 radical (unpaired) electrons. The molecule has 0 atom stereocenters. The second-order valence-electron chi connectivity index (χ2n) is 5.69. The number of benzene rings is 2. The smallest absolute Gasteiger partial charge is 0.126 e. The van der Waals surface area contributed by atoms with Gasteiger partial charge in [-0.2, -0.15) is 0 Å². The minimum Gasteiger partial charge on any atom is -0.496 e. The fraction of sp³-hybridized carbons (Fsp3) is 0.300. The molecule has 0 aliphatic heterocycles. The molecule has 0 bridgehead atoms. The first kappa shape index (κ1) is 16.2. The van der Waals surface area contributed by atoms with Crippen molar-refractivity contribution < 1.29 is 9.47 Å². The summed E-state index contributed by atoms with van der Waals surface area (Å²) >= 11 is 0. The van der Waals surface area contributed by atoms with Crippen molar-refractivity contribution in [1.82, 2.24) is 0 Å². The highest BCUT2D eigenvalue weighted by molar-refractivity contribution is 5.81. The summed E-state index contributed by atoms with van der Waals surface area (Å²) < 4.78 is 11.1. The first-order valence-corrected chi connectivity index (χ1v) is 7.56. The third kappa shape index (κ3) is 3.51. The van der Waals surface area contributed by atoms with Gasteiger partial charge in [0.15, 0.2) is 0 Å². The van der Waals surface area contributed by atoms with E-state index in [4.69, 9.17) is 9.47 Å². The van der Waals surface area contributed by atoms with Crippen LogP contribution >= 0.6 is 0 Å². The monoisotopic (exact) mass is 296 g/mol. The number of ether oxygens (including phenoxy) is 2. The van der Waals surface area contributed by atoms with E-state index in [0.29, 0.717) is 5.92 Å². The van der Waals surface area contributed by atoms with Crippen LogP contribution in [0.2, 0.25) is 0 Å². The van der Waals surface area contributed by atoms with Gasteiger partial charge in [0.2, 0.25) is 0 Å². The van der Waals surface area contributed by atoms with E-state index in [1.807, 2.05) is 6.07 Å².